The fourth-order valence-corrected chi connectivity index (χ4v) is 3.66. The summed E-state index contributed by atoms with van der Waals surface area (Å²) in [6.07, 6.45) is 7.75. The number of nitrogens with zero attached hydrogens (tertiary/aromatic N) is 2. The normalized spacial score (nSPS) is 32.7. The van der Waals surface area contributed by atoms with E-state index < -0.39 is 0 Å². The summed E-state index contributed by atoms with van der Waals surface area (Å²) in [6.45, 7) is 10.2. The Morgan fingerprint density at radius 2 is 2.11 bits per heavy atom. The molecule has 4 atom stereocenters. The first-order chi connectivity index (χ1) is 8.67. The minimum Gasteiger partial charge on any atom is -0.330 e. The Morgan fingerprint density at radius 1 is 1.33 bits per heavy atom. The molecule has 3 nitrogen and oxygen atoms in total. The van der Waals surface area contributed by atoms with Crippen LogP contribution in [0.1, 0.15) is 52.4 Å². The zero-order chi connectivity index (χ0) is 13.1. The van der Waals surface area contributed by atoms with E-state index >= 15 is 0 Å². The van der Waals surface area contributed by atoms with Crippen molar-refractivity contribution >= 4 is 0 Å². The Morgan fingerprint density at radius 3 is 2.78 bits per heavy atom. The predicted molar refractivity (Wildman–Crippen MR) is 75.7 cm³/mol. The molecule has 0 aliphatic heterocycles. The highest BCUT2D eigenvalue weighted by atomic mass is 15.1. The number of rotatable bonds is 4. The number of imidazole rings is 1. The molecular weight excluding hydrogens is 222 g/mol. The Kier molecular flexibility index (Phi) is 4.44. The lowest BCUT2D eigenvalue weighted by atomic mass is 9.76. The minimum absolute atomic E-state index is 0.568. The van der Waals surface area contributed by atoms with Gasteiger partial charge in [-0.3, -0.25) is 0 Å². The molecule has 1 aliphatic rings. The van der Waals surface area contributed by atoms with Crippen molar-refractivity contribution in [2.24, 2.45) is 11.8 Å². The maximum Gasteiger partial charge on any atom is 0.108 e. The maximum absolute atomic E-state index is 4.49. The summed E-state index contributed by atoms with van der Waals surface area (Å²) in [5, 5.41) is 3.69. The van der Waals surface area contributed by atoms with E-state index in [-0.39, 0.29) is 0 Å². The average molecular weight is 249 g/mol. The number of hydrogen-bond acceptors (Lipinski definition) is 2. The second kappa shape index (κ2) is 5.87. The van der Waals surface area contributed by atoms with Gasteiger partial charge in [0.2, 0.25) is 0 Å². The van der Waals surface area contributed by atoms with Gasteiger partial charge in [0.1, 0.15) is 5.82 Å². The van der Waals surface area contributed by atoms with Gasteiger partial charge in [-0.2, -0.15) is 0 Å². The molecule has 1 N–H and O–H groups in total. The van der Waals surface area contributed by atoms with Crippen molar-refractivity contribution < 1.29 is 0 Å². The van der Waals surface area contributed by atoms with Crippen LogP contribution >= 0.6 is 0 Å². The smallest absolute Gasteiger partial charge is 0.108 e. The van der Waals surface area contributed by atoms with Gasteiger partial charge in [-0.15, -0.1) is 0 Å². The zero-order valence-corrected chi connectivity index (χ0v) is 12.2. The molecule has 1 aliphatic carbocycles. The highest BCUT2D eigenvalue weighted by Gasteiger charge is 2.35. The van der Waals surface area contributed by atoms with Gasteiger partial charge >= 0.3 is 0 Å². The Hall–Kier alpha value is -0.830. The molecule has 18 heavy (non-hydrogen) atoms. The van der Waals surface area contributed by atoms with Crippen LogP contribution in [-0.2, 0) is 6.42 Å². The number of aromatic nitrogens is 2. The third-order valence-electron chi connectivity index (χ3n) is 4.28. The van der Waals surface area contributed by atoms with Crippen molar-refractivity contribution in [2.75, 3.05) is 6.54 Å². The topological polar surface area (TPSA) is 29.9 Å². The maximum atomic E-state index is 4.49. The van der Waals surface area contributed by atoms with Crippen molar-refractivity contribution in [1.29, 1.82) is 0 Å². The third kappa shape index (κ3) is 2.61. The molecule has 0 aromatic carbocycles. The lowest BCUT2D eigenvalue weighted by molar-refractivity contribution is 0.152. The van der Waals surface area contributed by atoms with Crippen LogP contribution < -0.4 is 5.32 Å². The van der Waals surface area contributed by atoms with Gasteiger partial charge in [0.05, 0.1) is 6.04 Å². The third-order valence-corrected chi connectivity index (χ3v) is 4.28. The fraction of sp³-hybridized carbons (Fsp3) is 0.800. The van der Waals surface area contributed by atoms with Crippen LogP contribution in [0.25, 0.3) is 0 Å². The molecule has 0 bridgehead atoms. The summed E-state index contributed by atoms with van der Waals surface area (Å²) in [5.74, 6) is 2.77. The first kappa shape index (κ1) is 13.6. The van der Waals surface area contributed by atoms with Crippen LogP contribution in [0.3, 0.4) is 0 Å². The largest absolute Gasteiger partial charge is 0.330 e. The van der Waals surface area contributed by atoms with Gasteiger partial charge < -0.3 is 9.88 Å². The van der Waals surface area contributed by atoms with Gasteiger partial charge in [0.25, 0.3) is 0 Å². The Bertz CT molecular complexity index is 372. The van der Waals surface area contributed by atoms with E-state index in [1.54, 1.807) is 0 Å². The summed E-state index contributed by atoms with van der Waals surface area (Å²) in [5.41, 5.74) is 0. The molecular formula is C15H27N3. The van der Waals surface area contributed by atoms with Gasteiger partial charge in [-0.05, 0) is 31.2 Å². The molecule has 0 spiro atoms. The molecule has 0 amide bonds. The number of aryl methyl sites for hydroxylation is 1. The monoisotopic (exact) mass is 249 g/mol. The first-order valence-corrected chi connectivity index (χ1v) is 7.42. The van der Waals surface area contributed by atoms with Gasteiger partial charge in [-0.1, -0.05) is 27.7 Å². The first-order valence-electron chi connectivity index (χ1n) is 7.42. The highest BCUT2D eigenvalue weighted by molar-refractivity contribution is 5.01. The summed E-state index contributed by atoms with van der Waals surface area (Å²) < 4.78 is 2.42. The van der Waals surface area contributed by atoms with Crippen molar-refractivity contribution in [3.63, 3.8) is 0 Å². The van der Waals surface area contributed by atoms with Crippen molar-refractivity contribution in [3.05, 3.63) is 18.2 Å². The number of hydrogen-bond donors (Lipinski definition) is 1. The lowest BCUT2D eigenvalue weighted by Crippen LogP contribution is -2.45. The van der Waals surface area contributed by atoms with E-state index in [0.29, 0.717) is 12.1 Å². The van der Waals surface area contributed by atoms with Gasteiger partial charge in [0.15, 0.2) is 0 Å². The molecule has 102 valence electrons. The molecule has 2 rings (SSSR count). The van der Waals surface area contributed by atoms with E-state index in [2.05, 4.69) is 48.8 Å². The van der Waals surface area contributed by atoms with Crippen molar-refractivity contribution in [2.45, 2.75) is 59.0 Å². The van der Waals surface area contributed by atoms with Gasteiger partial charge in [0, 0.05) is 24.9 Å². The Labute approximate surface area is 111 Å². The molecule has 1 fully saturated rings. The number of nitrogens with one attached hydrogen (secondary N) is 1. The van der Waals surface area contributed by atoms with Crippen LogP contribution in [0.15, 0.2) is 12.4 Å². The zero-order valence-electron chi connectivity index (χ0n) is 12.2. The molecule has 1 aromatic heterocycles. The summed E-state index contributed by atoms with van der Waals surface area (Å²) >= 11 is 0. The lowest BCUT2D eigenvalue weighted by Gasteiger charge is -2.41. The fourth-order valence-electron chi connectivity index (χ4n) is 3.66. The average Bonchev–Trinajstić information content (AvgIpc) is 2.76. The quantitative estimate of drug-likeness (QED) is 0.889. The standard InChI is InChI=1S/C15H27N3/c1-5-14-17-7-8-18(14)15-12(4)9-11(3)10-13(15)16-6-2/h7-8,11-13,15-16H,5-6,9-10H2,1-4H3. The molecule has 1 aromatic rings. The number of likely N-dealkylation sites (N-methyl/N-ethyl adjacent to an activating group) is 1. The molecule has 3 heteroatoms. The van der Waals surface area contributed by atoms with E-state index in [9.17, 15) is 0 Å². The van der Waals surface area contributed by atoms with Crippen LogP contribution in [0.2, 0.25) is 0 Å². The van der Waals surface area contributed by atoms with Crippen LogP contribution in [0.4, 0.5) is 0 Å². The van der Waals surface area contributed by atoms with E-state index in [1.807, 2.05) is 6.20 Å². The molecule has 0 saturated heterocycles. The Balaban J connectivity index is 2.26. The SMILES string of the molecule is CCNC1CC(C)CC(C)C1n1ccnc1CC. The van der Waals surface area contributed by atoms with Gasteiger partial charge in [-0.25, -0.2) is 4.98 Å². The second-order valence-electron chi connectivity index (χ2n) is 5.81. The van der Waals surface area contributed by atoms with Crippen molar-refractivity contribution in [1.82, 2.24) is 14.9 Å². The van der Waals surface area contributed by atoms with E-state index in [0.717, 1.165) is 24.8 Å². The summed E-state index contributed by atoms with van der Waals surface area (Å²) in [7, 11) is 0. The molecule has 0 radical (unpaired) electrons. The molecule has 1 heterocycles. The minimum atomic E-state index is 0.568. The van der Waals surface area contributed by atoms with Crippen molar-refractivity contribution in [3.8, 4) is 0 Å². The van der Waals surface area contributed by atoms with Crippen LogP contribution in [-0.4, -0.2) is 22.1 Å². The van der Waals surface area contributed by atoms with Crippen LogP contribution in [0, 0.1) is 11.8 Å². The molecule has 4 unspecified atom stereocenters. The van der Waals surface area contributed by atoms with E-state index in [1.165, 1.54) is 18.7 Å². The highest BCUT2D eigenvalue weighted by Crippen LogP contribution is 2.37. The predicted octanol–water partition coefficient (Wildman–Crippen LogP) is 3.03. The van der Waals surface area contributed by atoms with Crippen LogP contribution in [0.5, 0.6) is 0 Å². The van der Waals surface area contributed by atoms with E-state index in [4.69, 9.17) is 0 Å². The molecule has 1 saturated carbocycles. The second-order valence-corrected chi connectivity index (χ2v) is 5.81. The summed E-state index contributed by atoms with van der Waals surface area (Å²) in [6, 6.07) is 1.16. The summed E-state index contributed by atoms with van der Waals surface area (Å²) in [4.78, 5) is 4.49.